The van der Waals surface area contributed by atoms with Crippen LogP contribution in [0.15, 0.2) is 40.4 Å². The van der Waals surface area contributed by atoms with E-state index in [1.807, 2.05) is 0 Å². The van der Waals surface area contributed by atoms with E-state index in [0.29, 0.717) is 4.57 Å². The zero-order chi connectivity index (χ0) is 23.0. The van der Waals surface area contributed by atoms with Crippen molar-refractivity contribution in [1.29, 1.82) is 0 Å². The standard InChI is InChI=1S/C20H18N4O7/c1-4-7-24-16(26)11-6-5-10(8-12(11)17(24)27)19(29)31-9-13(25)14-15(21)22(2)20(30)23(3)18(14)28/h4-6,8H,1,7,9,21H2,2-3H3. The topological polar surface area (TPSA) is 151 Å². The molecule has 1 aromatic carbocycles. The van der Waals surface area contributed by atoms with Gasteiger partial charge in [-0.15, -0.1) is 6.58 Å². The molecule has 2 heterocycles. The lowest BCUT2D eigenvalue weighted by molar-refractivity contribution is 0.0474. The highest BCUT2D eigenvalue weighted by atomic mass is 16.5. The van der Waals surface area contributed by atoms with Crippen LogP contribution in [-0.2, 0) is 18.8 Å². The van der Waals surface area contributed by atoms with Gasteiger partial charge in [0.05, 0.1) is 16.7 Å². The molecule has 0 spiro atoms. The van der Waals surface area contributed by atoms with Gasteiger partial charge < -0.3 is 10.5 Å². The molecular formula is C20H18N4O7. The smallest absolute Gasteiger partial charge is 0.338 e. The van der Waals surface area contributed by atoms with E-state index in [9.17, 15) is 28.8 Å². The third kappa shape index (κ3) is 3.45. The summed E-state index contributed by atoms with van der Waals surface area (Å²) in [5, 5.41) is 0. The lowest BCUT2D eigenvalue weighted by atomic mass is 10.1. The van der Waals surface area contributed by atoms with Crippen LogP contribution in [0.3, 0.4) is 0 Å². The van der Waals surface area contributed by atoms with Crippen LogP contribution in [0.5, 0.6) is 0 Å². The number of nitrogen functional groups attached to an aromatic ring is 1. The summed E-state index contributed by atoms with van der Waals surface area (Å²) in [6, 6.07) is 3.80. The molecule has 0 aliphatic carbocycles. The third-order valence-electron chi connectivity index (χ3n) is 4.84. The molecule has 11 heteroatoms. The van der Waals surface area contributed by atoms with Crippen molar-refractivity contribution in [2.24, 2.45) is 14.1 Å². The summed E-state index contributed by atoms with van der Waals surface area (Å²) in [6.07, 6.45) is 1.40. The minimum Gasteiger partial charge on any atom is -0.454 e. The van der Waals surface area contributed by atoms with Gasteiger partial charge in [0.15, 0.2) is 6.61 Å². The van der Waals surface area contributed by atoms with Crippen LogP contribution in [-0.4, -0.2) is 50.8 Å². The highest BCUT2D eigenvalue weighted by Crippen LogP contribution is 2.24. The van der Waals surface area contributed by atoms with Crippen LogP contribution in [0.2, 0.25) is 0 Å². The van der Waals surface area contributed by atoms with E-state index in [1.54, 1.807) is 0 Å². The van der Waals surface area contributed by atoms with Gasteiger partial charge in [-0.25, -0.2) is 9.59 Å². The number of benzene rings is 1. The Labute approximate surface area is 174 Å². The number of aromatic nitrogens is 2. The molecule has 0 saturated heterocycles. The fourth-order valence-electron chi connectivity index (χ4n) is 3.12. The molecule has 0 bridgehead atoms. The molecule has 31 heavy (non-hydrogen) atoms. The highest BCUT2D eigenvalue weighted by Gasteiger charge is 2.35. The Morgan fingerprint density at radius 1 is 1.06 bits per heavy atom. The van der Waals surface area contributed by atoms with Crippen LogP contribution in [0.25, 0.3) is 0 Å². The molecule has 11 nitrogen and oxygen atoms in total. The molecule has 160 valence electrons. The van der Waals surface area contributed by atoms with Gasteiger partial charge in [-0.3, -0.25) is 33.2 Å². The van der Waals surface area contributed by atoms with Crippen LogP contribution in [0.1, 0.15) is 41.4 Å². The summed E-state index contributed by atoms with van der Waals surface area (Å²) >= 11 is 0. The van der Waals surface area contributed by atoms with Crippen LogP contribution >= 0.6 is 0 Å². The second kappa shape index (κ2) is 7.86. The highest BCUT2D eigenvalue weighted by molar-refractivity contribution is 6.22. The molecule has 0 fully saturated rings. The van der Waals surface area contributed by atoms with Crippen molar-refractivity contribution in [3.05, 3.63) is 73.9 Å². The normalized spacial score (nSPS) is 12.6. The predicted octanol–water partition coefficient (Wildman–Crippen LogP) is -0.512. The SMILES string of the molecule is C=CCN1C(=O)c2ccc(C(=O)OCC(=O)c3c(N)n(C)c(=O)n(C)c3=O)cc2C1=O. The van der Waals surface area contributed by atoms with Crippen molar-refractivity contribution in [3.63, 3.8) is 0 Å². The average molecular weight is 426 g/mol. The number of hydrogen-bond donors (Lipinski definition) is 1. The zero-order valence-electron chi connectivity index (χ0n) is 16.7. The Morgan fingerprint density at radius 3 is 2.35 bits per heavy atom. The lowest BCUT2D eigenvalue weighted by Crippen LogP contribution is -2.42. The van der Waals surface area contributed by atoms with Crippen LogP contribution < -0.4 is 17.0 Å². The maximum absolute atomic E-state index is 12.4. The maximum Gasteiger partial charge on any atom is 0.338 e. The first-order valence-electron chi connectivity index (χ1n) is 8.97. The summed E-state index contributed by atoms with van der Waals surface area (Å²) < 4.78 is 6.59. The molecule has 2 aromatic rings. The number of carbonyl (C=O) groups excluding carboxylic acids is 4. The van der Waals surface area contributed by atoms with E-state index in [0.717, 1.165) is 9.47 Å². The summed E-state index contributed by atoms with van der Waals surface area (Å²) in [4.78, 5) is 74.4. The van der Waals surface area contributed by atoms with Crippen molar-refractivity contribution >= 4 is 29.4 Å². The number of imide groups is 1. The van der Waals surface area contributed by atoms with Gasteiger partial charge in [-0.1, -0.05) is 6.08 Å². The van der Waals surface area contributed by atoms with E-state index >= 15 is 0 Å². The Hall–Kier alpha value is -4.28. The molecule has 0 saturated carbocycles. The van der Waals surface area contributed by atoms with E-state index in [2.05, 4.69) is 6.58 Å². The second-order valence-corrected chi connectivity index (χ2v) is 6.74. The average Bonchev–Trinajstić information content (AvgIpc) is 2.99. The van der Waals surface area contributed by atoms with E-state index in [4.69, 9.17) is 10.5 Å². The number of esters is 1. The second-order valence-electron chi connectivity index (χ2n) is 6.74. The monoisotopic (exact) mass is 426 g/mol. The number of nitrogens with two attached hydrogens (primary N) is 1. The molecule has 0 unspecified atom stereocenters. The number of ether oxygens (including phenoxy) is 1. The Kier molecular flexibility index (Phi) is 5.43. The van der Waals surface area contributed by atoms with Gasteiger partial charge in [0.25, 0.3) is 17.4 Å². The molecule has 1 aliphatic heterocycles. The molecule has 2 N–H and O–H groups in total. The summed E-state index contributed by atoms with van der Waals surface area (Å²) in [5.41, 5.74) is 3.72. The largest absolute Gasteiger partial charge is 0.454 e. The summed E-state index contributed by atoms with van der Waals surface area (Å²) in [5.74, 6) is -3.27. The lowest BCUT2D eigenvalue weighted by Gasteiger charge is -2.11. The number of fused-ring (bicyclic) bond motifs is 1. The Morgan fingerprint density at radius 2 is 1.71 bits per heavy atom. The molecular weight excluding hydrogens is 408 g/mol. The van der Waals surface area contributed by atoms with Gasteiger partial charge in [0, 0.05) is 20.6 Å². The molecule has 1 aliphatic rings. The van der Waals surface area contributed by atoms with Gasteiger partial charge in [-0.2, -0.15) is 0 Å². The predicted molar refractivity (Wildman–Crippen MR) is 108 cm³/mol. The molecule has 0 radical (unpaired) electrons. The number of Topliss-reactive ketones (excluding diaryl/α,β-unsaturated/α-hetero) is 1. The van der Waals surface area contributed by atoms with Crippen molar-refractivity contribution in [1.82, 2.24) is 14.0 Å². The minimum atomic E-state index is -0.946. The minimum absolute atomic E-state index is 0.0244. The van der Waals surface area contributed by atoms with Gasteiger partial charge in [0.2, 0.25) is 5.78 Å². The fraction of sp³-hybridized carbons (Fsp3) is 0.200. The molecule has 1 aromatic heterocycles. The molecule has 2 amide bonds. The number of amides is 2. The first kappa shape index (κ1) is 21.4. The van der Waals surface area contributed by atoms with Crippen LogP contribution in [0.4, 0.5) is 5.82 Å². The van der Waals surface area contributed by atoms with Gasteiger partial charge >= 0.3 is 11.7 Å². The first-order chi connectivity index (χ1) is 14.6. The summed E-state index contributed by atoms with van der Waals surface area (Å²) in [7, 11) is 2.48. The van der Waals surface area contributed by atoms with Crippen molar-refractivity contribution in [2.45, 2.75) is 0 Å². The zero-order valence-corrected chi connectivity index (χ0v) is 16.7. The fourth-order valence-corrected chi connectivity index (χ4v) is 3.12. The van der Waals surface area contributed by atoms with Crippen LogP contribution in [0, 0.1) is 0 Å². The number of nitrogens with zero attached hydrogens (tertiary/aromatic N) is 3. The first-order valence-corrected chi connectivity index (χ1v) is 8.97. The number of ketones is 1. The number of hydrogen-bond acceptors (Lipinski definition) is 8. The van der Waals surface area contributed by atoms with E-state index < -0.39 is 47.0 Å². The van der Waals surface area contributed by atoms with Crippen molar-refractivity contribution in [3.8, 4) is 0 Å². The Balaban J connectivity index is 1.81. The van der Waals surface area contributed by atoms with Crippen molar-refractivity contribution in [2.75, 3.05) is 18.9 Å². The number of anilines is 1. The van der Waals surface area contributed by atoms with E-state index in [-0.39, 0.29) is 29.1 Å². The molecule has 0 atom stereocenters. The quantitative estimate of drug-likeness (QED) is 0.281. The van der Waals surface area contributed by atoms with E-state index in [1.165, 1.54) is 38.4 Å². The Bertz CT molecular complexity index is 1290. The summed E-state index contributed by atoms with van der Waals surface area (Å²) in [6.45, 7) is 2.70. The maximum atomic E-state index is 12.4. The number of carbonyl (C=O) groups is 4. The van der Waals surface area contributed by atoms with Crippen molar-refractivity contribution < 1.29 is 23.9 Å². The van der Waals surface area contributed by atoms with Gasteiger partial charge in [-0.05, 0) is 18.2 Å². The third-order valence-corrected chi connectivity index (χ3v) is 4.84. The van der Waals surface area contributed by atoms with Gasteiger partial charge in [0.1, 0.15) is 11.4 Å². The number of rotatable bonds is 6. The molecule has 3 rings (SSSR count).